The molecule has 118 valence electrons. The lowest BCUT2D eigenvalue weighted by molar-refractivity contribution is -0.128. The highest BCUT2D eigenvalue weighted by Gasteiger charge is 2.26. The summed E-state index contributed by atoms with van der Waals surface area (Å²) in [6.07, 6.45) is 0.621. The molecule has 0 aliphatic heterocycles. The van der Waals surface area contributed by atoms with E-state index in [0.717, 1.165) is 0 Å². The molecule has 0 heterocycles. The third-order valence-electron chi connectivity index (χ3n) is 2.89. The molecule has 0 aliphatic rings. The van der Waals surface area contributed by atoms with Crippen molar-refractivity contribution in [2.75, 3.05) is 32.9 Å². The molecule has 0 bridgehead atoms. The van der Waals surface area contributed by atoms with Crippen molar-refractivity contribution in [3.63, 3.8) is 0 Å². The molecule has 1 rings (SSSR count). The summed E-state index contributed by atoms with van der Waals surface area (Å²) < 4.78 is 27.0. The number of likely N-dealkylation sites (N-methyl/N-ethyl adjacent to an activating group) is 1. The monoisotopic (exact) mass is 377 g/mol. The number of rotatable bonds is 6. The van der Waals surface area contributed by atoms with Gasteiger partial charge in [0.1, 0.15) is 0 Å². The average molecular weight is 378 g/mol. The van der Waals surface area contributed by atoms with Crippen LogP contribution in [0.25, 0.3) is 0 Å². The van der Waals surface area contributed by atoms with Crippen molar-refractivity contribution in [1.29, 1.82) is 0 Å². The van der Waals surface area contributed by atoms with E-state index in [-0.39, 0.29) is 23.9 Å². The number of amides is 1. The van der Waals surface area contributed by atoms with E-state index < -0.39 is 10.0 Å². The second kappa shape index (κ2) is 7.24. The first-order valence-corrected chi connectivity index (χ1v) is 8.68. The Labute approximate surface area is 134 Å². The molecule has 0 unspecified atom stereocenters. The van der Waals surface area contributed by atoms with Gasteiger partial charge in [0.25, 0.3) is 0 Å². The summed E-state index contributed by atoms with van der Waals surface area (Å²) in [5.41, 5.74) is 6.13. The number of nitrogens with two attached hydrogens (primary N) is 1. The summed E-state index contributed by atoms with van der Waals surface area (Å²) in [6, 6.07) is 4.42. The Bertz CT molecular complexity index is 617. The lowest BCUT2D eigenvalue weighted by Gasteiger charge is -2.23. The number of nitrogen functional groups attached to an aromatic ring is 1. The first-order chi connectivity index (χ1) is 9.70. The van der Waals surface area contributed by atoms with Crippen molar-refractivity contribution in [3.05, 3.63) is 22.7 Å². The predicted octanol–water partition coefficient (Wildman–Crippen LogP) is 1.52. The van der Waals surface area contributed by atoms with E-state index in [2.05, 4.69) is 15.9 Å². The van der Waals surface area contributed by atoms with Crippen LogP contribution in [0, 0.1) is 0 Å². The standard InChI is InChI=1S/C13H20BrN3O3S/c1-4-7-17(9-13(18)16(2)3)21(19,20)10-5-6-12(15)11(14)8-10/h5-6,8H,4,7,9,15H2,1-3H3. The van der Waals surface area contributed by atoms with Gasteiger partial charge in [-0.2, -0.15) is 4.31 Å². The average Bonchev–Trinajstić information content (AvgIpc) is 2.40. The van der Waals surface area contributed by atoms with Crippen LogP contribution in [-0.2, 0) is 14.8 Å². The molecular weight excluding hydrogens is 358 g/mol. The maximum Gasteiger partial charge on any atom is 0.243 e. The van der Waals surface area contributed by atoms with E-state index in [9.17, 15) is 13.2 Å². The molecule has 0 saturated heterocycles. The third kappa shape index (κ3) is 4.42. The molecule has 1 amide bonds. The van der Waals surface area contributed by atoms with Crippen LogP contribution in [0.3, 0.4) is 0 Å². The van der Waals surface area contributed by atoms with Crippen molar-refractivity contribution < 1.29 is 13.2 Å². The van der Waals surface area contributed by atoms with Gasteiger partial charge in [-0.25, -0.2) is 8.42 Å². The summed E-state index contributed by atoms with van der Waals surface area (Å²) in [4.78, 5) is 13.3. The van der Waals surface area contributed by atoms with Crippen LogP contribution >= 0.6 is 15.9 Å². The Kier molecular flexibility index (Phi) is 6.18. The third-order valence-corrected chi connectivity index (χ3v) is 5.42. The first kappa shape index (κ1) is 17.9. The molecule has 0 fully saturated rings. The topological polar surface area (TPSA) is 83.7 Å². The Hall–Kier alpha value is -1.12. The van der Waals surface area contributed by atoms with E-state index in [4.69, 9.17) is 5.73 Å². The molecule has 21 heavy (non-hydrogen) atoms. The summed E-state index contributed by atoms with van der Waals surface area (Å²) in [5, 5.41) is 0. The van der Waals surface area contributed by atoms with Gasteiger partial charge in [-0.05, 0) is 40.5 Å². The lowest BCUT2D eigenvalue weighted by atomic mass is 10.3. The predicted molar refractivity (Wildman–Crippen MR) is 86.3 cm³/mol. The van der Waals surface area contributed by atoms with Crippen molar-refractivity contribution >= 4 is 37.5 Å². The van der Waals surface area contributed by atoms with Gasteiger partial charge in [-0.1, -0.05) is 6.92 Å². The summed E-state index contributed by atoms with van der Waals surface area (Å²) in [5.74, 6) is -0.262. The minimum absolute atomic E-state index is 0.114. The molecule has 1 aromatic carbocycles. The molecule has 1 aromatic rings. The van der Waals surface area contributed by atoms with Crippen molar-refractivity contribution in [2.45, 2.75) is 18.2 Å². The second-order valence-corrected chi connectivity index (χ2v) is 7.60. The van der Waals surface area contributed by atoms with Gasteiger partial charge in [-0.15, -0.1) is 0 Å². The largest absolute Gasteiger partial charge is 0.398 e. The van der Waals surface area contributed by atoms with Gasteiger partial charge in [0, 0.05) is 30.8 Å². The van der Waals surface area contributed by atoms with Gasteiger partial charge in [0.05, 0.1) is 11.4 Å². The van der Waals surface area contributed by atoms with Gasteiger partial charge in [-0.3, -0.25) is 4.79 Å². The van der Waals surface area contributed by atoms with Crippen LogP contribution in [0.2, 0.25) is 0 Å². The van der Waals surface area contributed by atoms with Gasteiger partial charge >= 0.3 is 0 Å². The summed E-state index contributed by atoms with van der Waals surface area (Å²) >= 11 is 3.22. The molecule has 0 saturated carbocycles. The number of hydrogen-bond acceptors (Lipinski definition) is 4. The van der Waals surface area contributed by atoms with Crippen LogP contribution in [0.15, 0.2) is 27.6 Å². The number of anilines is 1. The fourth-order valence-corrected chi connectivity index (χ4v) is 3.68. The molecular formula is C13H20BrN3O3S. The SMILES string of the molecule is CCCN(CC(=O)N(C)C)S(=O)(=O)c1ccc(N)c(Br)c1. The summed E-state index contributed by atoms with van der Waals surface area (Å²) in [6.45, 7) is 1.97. The highest BCUT2D eigenvalue weighted by atomic mass is 79.9. The summed E-state index contributed by atoms with van der Waals surface area (Å²) in [7, 11) is -0.539. The maximum absolute atomic E-state index is 12.6. The fraction of sp³-hybridized carbons (Fsp3) is 0.462. The maximum atomic E-state index is 12.6. The van der Waals surface area contributed by atoms with Crippen LogP contribution in [0.4, 0.5) is 5.69 Å². The molecule has 0 aliphatic carbocycles. The number of carbonyl (C=O) groups is 1. The minimum Gasteiger partial charge on any atom is -0.398 e. The normalized spacial score (nSPS) is 11.7. The zero-order valence-electron chi connectivity index (χ0n) is 12.3. The fourth-order valence-electron chi connectivity index (χ4n) is 1.64. The zero-order valence-corrected chi connectivity index (χ0v) is 14.7. The molecule has 0 aromatic heterocycles. The quantitative estimate of drug-likeness (QED) is 0.761. The number of hydrogen-bond donors (Lipinski definition) is 1. The van der Waals surface area contributed by atoms with E-state index in [1.54, 1.807) is 14.1 Å². The molecule has 6 nitrogen and oxygen atoms in total. The van der Waals surface area contributed by atoms with E-state index in [0.29, 0.717) is 16.6 Å². The van der Waals surface area contributed by atoms with Crippen LogP contribution in [0.5, 0.6) is 0 Å². The molecule has 8 heteroatoms. The smallest absolute Gasteiger partial charge is 0.243 e. The van der Waals surface area contributed by atoms with Crippen LogP contribution < -0.4 is 5.73 Å². The minimum atomic E-state index is -3.73. The molecule has 0 radical (unpaired) electrons. The van der Waals surface area contributed by atoms with Crippen molar-refractivity contribution in [1.82, 2.24) is 9.21 Å². The number of carbonyl (C=O) groups excluding carboxylic acids is 1. The molecule has 0 spiro atoms. The van der Waals surface area contributed by atoms with E-state index in [1.165, 1.54) is 27.4 Å². The highest BCUT2D eigenvalue weighted by Crippen LogP contribution is 2.25. The Morgan fingerprint density at radius 3 is 2.43 bits per heavy atom. The number of benzene rings is 1. The highest BCUT2D eigenvalue weighted by molar-refractivity contribution is 9.10. The first-order valence-electron chi connectivity index (χ1n) is 6.45. The molecule has 2 N–H and O–H groups in total. The van der Waals surface area contributed by atoms with Gasteiger partial charge < -0.3 is 10.6 Å². The van der Waals surface area contributed by atoms with Gasteiger partial charge in [0.15, 0.2) is 0 Å². The van der Waals surface area contributed by atoms with Crippen molar-refractivity contribution in [3.8, 4) is 0 Å². The zero-order chi connectivity index (χ0) is 16.2. The Morgan fingerprint density at radius 2 is 1.95 bits per heavy atom. The van der Waals surface area contributed by atoms with Gasteiger partial charge in [0.2, 0.25) is 15.9 Å². The van der Waals surface area contributed by atoms with Crippen LogP contribution in [-0.4, -0.2) is 50.7 Å². The molecule has 0 atom stereocenters. The van der Waals surface area contributed by atoms with Crippen LogP contribution in [0.1, 0.15) is 13.3 Å². The Balaban J connectivity index is 3.15. The van der Waals surface area contributed by atoms with E-state index >= 15 is 0 Å². The number of sulfonamides is 1. The van der Waals surface area contributed by atoms with Crippen molar-refractivity contribution in [2.24, 2.45) is 0 Å². The lowest BCUT2D eigenvalue weighted by Crippen LogP contribution is -2.40. The number of nitrogens with zero attached hydrogens (tertiary/aromatic N) is 2. The Morgan fingerprint density at radius 1 is 1.33 bits per heavy atom. The number of halogens is 1. The second-order valence-electron chi connectivity index (χ2n) is 4.81. The van der Waals surface area contributed by atoms with E-state index in [1.807, 2.05) is 6.92 Å².